The summed E-state index contributed by atoms with van der Waals surface area (Å²) in [5.74, 6) is -1.11. The first-order chi connectivity index (χ1) is 14.2. The number of benzene rings is 1. The molecular weight excluding hydrogens is 410 g/mol. The number of aromatic nitrogens is 3. The molecule has 0 aliphatic heterocycles. The third-order valence-electron chi connectivity index (χ3n) is 4.27. The number of hydrogen-bond acceptors (Lipinski definition) is 9. The lowest BCUT2D eigenvalue weighted by Gasteiger charge is -2.17. The Labute approximate surface area is 176 Å². The number of carbonyl (C=O) groups excluding carboxylic acids is 3. The molecule has 0 atom stereocenters. The van der Waals surface area contributed by atoms with Gasteiger partial charge in [-0.25, -0.2) is 9.78 Å². The molecule has 0 N–H and O–H groups in total. The average Bonchev–Trinajstić information content (AvgIpc) is 3.35. The van der Waals surface area contributed by atoms with Crippen LogP contribution in [0.1, 0.15) is 46.8 Å². The van der Waals surface area contributed by atoms with Crippen LogP contribution in [0.3, 0.4) is 0 Å². The molecule has 0 saturated carbocycles. The topological polar surface area (TPSA) is 110 Å². The number of rotatable bonds is 6. The number of carbonyl (C=O) groups is 3. The van der Waals surface area contributed by atoms with Gasteiger partial charge in [0.05, 0.1) is 30.7 Å². The molecule has 0 bridgehead atoms. The van der Waals surface area contributed by atoms with Crippen LogP contribution >= 0.6 is 11.5 Å². The van der Waals surface area contributed by atoms with Crippen LogP contribution in [-0.2, 0) is 21.0 Å². The van der Waals surface area contributed by atoms with Gasteiger partial charge >= 0.3 is 11.9 Å². The second-order valence-electron chi connectivity index (χ2n) is 7.45. The number of hydrogen-bond donors (Lipinski definition) is 0. The lowest BCUT2D eigenvalue weighted by molar-refractivity contribution is -0.156. The van der Waals surface area contributed by atoms with Crippen LogP contribution in [0.4, 0.5) is 0 Å². The van der Waals surface area contributed by atoms with Gasteiger partial charge in [0.2, 0.25) is 5.78 Å². The van der Waals surface area contributed by atoms with Gasteiger partial charge in [-0.3, -0.25) is 9.59 Å². The van der Waals surface area contributed by atoms with Crippen molar-refractivity contribution in [1.29, 1.82) is 0 Å². The van der Waals surface area contributed by atoms with Crippen molar-refractivity contribution in [3.63, 3.8) is 0 Å². The van der Waals surface area contributed by atoms with E-state index >= 15 is 0 Å². The molecule has 3 rings (SSSR count). The highest BCUT2D eigenvalue weighted by atomic mass is 32.1. The van der Waals surface area contributed by atoms with Crippen LogP contribution in [0.15, 0.2) is 24.4 Å². The molecule has 9 nitrogen and oxygen atoms in total. The molecule has 0 radical (unpaired) electrons. The SMILES string of the molecule is COC(=O)c1nsc(C(=O)c2cn(COC(=O)C(C)(C)C)c3ccc(OC)cc23)n1. The maximum atomic E-state index is 13.1. The molecular formula is C20H21N3O6S. The van der Waals surface area contributed by atoms with E-state index in [0.717, 1.165) is 11.5 Å². The zero-order chi connectivity index (χ0) is 22.1. The fraction of sp³-hybridized carbons (Fsp3) is 0.350. The Morgan fingerprint density at radius 1 is 1.17 bits per heavy atom. The summed E-state index contributed by atoms with van der Waals surface area (Å²) in [6.07, 6.45) is 1.58. The van der Waals surface area contributed by atoms with Crippen molar-refractivity contribution >= 4 is 40.2 Å². The van der Waals surface area contributed by atoms with Crippen molar-refractivity contribution in [3.8, 4) is 5.75 Å². The van der Waals surface area contributed by atoms with Crippen LogP contribution in [0.25, 0.3) is 10.9 Å². The fourth-order valence-corrected chi connectivity index (χ4v) is 3.25. The molecule has 0 saturated heterocycles. The molecule has 0 unspecified atom stereocenters. The Hall–Kier alpha value is -3.27. The van der Waals surface area contributed by atoms with E-state index in [1.807, 2.05) is 0 Å². The van der Waals surface area contributed by atoms with Crippen molar-refractivity contribution < 1.29 is 28.6 Å². The first kappa shape index (κ1) is 21.4. The molecule has 1 aromatic carbocycles. The number of methoxy groups -OCH3 is 2. The van der Waals surface area contributed by atoms with Crippen LogP contribution in [0.2, 0.25) is 0 Å². The zero-order valence-electron chi connectivity index (χ0n) is 17.2. The summed E-state index contributed by atoms with van der Waals surface area (Å²) >= 11 is 0.808. The van der Waals surface area contributed by atoms with E-state index in [-0.39, 0.29) is 23.5 Å². The lowest BCUT2D eigenvalue weighted by atomic mass is 9.98. The standard InChI is InChI=1S/C20H21N3O6S/c1-20(2,3)19(26)29-10-23-9-13(12-8-11(27-4)6-7-14(12)23)15(24)17-21-16(22-30-17)18(25)28-5/h6-9H,10H2,1-5H3. The number of esters is 2. The minimum absolute atomic E-state index is 0.0453. The fourth-order valence-electron chi connectivity index (χ4n) is 2.64. The molecule has 10 heteroatoms. The third-order valence-corrected chi connectivity index (χ3v) is 4.98. The van der Waals surface area contributed by atoms with Gasteiger partial charge in [0.1, 0.15) is 5.75 Å². The Morgan fingerprint density at radius 3 is 2.53 bits per heavy atom. The summed E-state index contributed by atoms with van der Waals surface area (Å²) in [7, 11) is 2.74. The van der Waals surface area contributed by atoms with Gasteiger partial charge < -0.3 is 18.8 Å². The van der Waals surface area contributed by atoms with E-state index in [2.05, 4.69) is 14.1 Å². The molecule has 2 aromatic heterocycles. The monoisotopic (exact) mass is 431 g/mol. The summed E-state index contributed by atoms with van der Waals surface area (Å²) < 4.78 is 20.8. The first-order valence-corrected chi connectivity index (χ1v) is 9.74. The second-order valence-corrected chi connectivity index (χ2v) is 8.20. The molecule has 0 amide bonds. The molecule has 158 valence electrons. The molecule has 3 aromatic rings. The number of ether oxygens (including phenoxy) is 3. The predicted octanol–water partition coefficient (Wildman–Crippen LogP) is 3.07. The smallest absolute Gasteiger partial charge is 0.377 e. The zero-order valence-corrected chi connectivity index (χ0v) is 18.0. The molecule has 0 aliphatic carbocycles. The largest absolute Gasteiger partial charge is 0.497 e. The van der Waals surface area contributed by atoms with Gasteiger partial charge in [-0.05, 0) is 50.5 Å². The molecule has 0 aliphatic rings. The van der Waals surface area contributed by atoms with Crippen LogP contribution < -0.4 is 4.74 Å². The van der Waals surface area contributed by atoms with Gasteiger partial charge in [0.15, 0.2) is 11.7 Å². The van der Waals surface area contributed by atoms with Crippen molar-refractivity contribution in [3.05, 3.63) is 40.8 Å². The van der Waals surface area contributed by atoms with Crippen molar-refractivity contribution in [2.24, 2.45) is 5.41 Å². The lowest BCUT2D eigenvalue weighted by Crippen LogP contribution is -2.23. The molecule has 0 spiro atoms. The summed E-state index contributed by atoms with van der Waals surface area (Å²) in [4.78, 5) is 40.8. The first-order valence-electron chi connectivity index (χ1n) is 8.96. The second kappa shape index (κ2) is 8.23. The molecule has 2 heterocycles. The molecule has 30 heavy (non-hydrogen) atoms. The van der Waals surface area contributed by atoms with Crippen LogP contribution in [-0.4, -0.2) is 45.9 Å². The Kier molecular flexibility index (Phi) is 5.88. The predicted molar refractivity (Wildman–Crippen MR) is 109 cm³/mol. The minimum Gasteiger partial charge on any atom is -0.497 e. The highest BCUT2D eigenvalue weighted by molar-refractivity contribution is 7.08. The minimum atomic E-state index is -0.719. The Balaban J connectivity index is 2.01. The Morgan fingerprint density at radius 2 is 1.90 bits per heavy atom. The van der Waals surface area contributed by atoms with E-state index in [1.165, 1.54) is 14.2 Å². The summed E-state index contributed by atoms with van der Waals surface area (Å²) in [5.41, 5.74) is 0.351. The van der Waals surface area contributed by atoms with Gasteiger partial charge in [0.25, 0.3) is 5.82 Å². The van der Waals surface area contributed by atoms with Crippen LogP contribution in [0.5, 0.6) is 5.75 Å². The Bertz CT molecular complexity index is 1130. The van der Waals surface area contributed by atoms with Gasteiger partial charge in [-0.15, -0.1) is 0 Å². The van der Waals surface area contributed by atoms with E-state index in [9.17, 15) is 14.4 Å². The van der Waals surface area contributed by atoms with E-state index < -0.39 is 17.2 Å². The van der Waals surface area contributed by atoms with E-state index in [1.54, 1.807) is 49.7 Å². The van der Waals surface area contributed by atoms with Crippen molar-refractivity contribution in [1.82, 2.24) is 13.9 Å². The number of fused-ring (bicyclic) bond motifs is 1. The van der Waals surface area contributed by atoms with Crippen molar-refractivity contribution in [2.75, 3.05) is 14.2 Å². The van der Waals surface area contributed by atoms with E-state index in [4.69, 9.17) is 9.47 Å². The van der Waals surface area contributed by atoms with E-state index in [0.29, 0.717) is 22.2 Å². The van der Waals surface area contributed by atoms with Crippen LogP contribution in [0, 0.1) is 5.41 Å². The van der Waals surface area contributed by atoms with Gasteiger partial charge in [0, 0.05) is 11.6 Å². The quantitative estimate of drug-likeness (QED) is 0.433. The maximum Gasteiger partial charge on any atom is 0.377 e. The number of nitrogens with zero attached hydrogens (tertiary/aromatic N) is 3. The molecule has 0 fully saturated rings. The third kappa shape index (κ3) is 4.18. The van der Waals surface area contributed by atoms with Crippen molar-refractivity contribution in [2.45, 2.75) is 27.5 Å². The van der Waals surface area contributed by atoms with Gasteiger partial charge in [-0.1, -0.05) is 0 Å². The highest BCUT2D eigenvalue weighted by Gasteiger charge is 2.25. The number of ketones is 1. The highest BCUT2D eigenvalue weighted by Crippen LogP contribution is 2.29. The summed E-state index contributed by atoms with van der Waals surface area (Å²) in [6, 6.07) is 5.24. The summed E-state index contributed by atoms with van der Waals surface area (Å²) in [6.45, 7) is 5.22. The maximum absolute atomic E-state index is 13.1. The van der Waals surface area contributed by atoms with Gasteiger partial charge in [-0.2, -0.15) is 4.37 Å². The normalized spacial score (nSPS) is 11.4. The average molecular weight is 431 g/mol. The summed E-state index contributed by atoms with van der Waals surface area (Å²) in [5, 5.41) is 0.643.